The molecule has 0 radical (unpaired) electrons. The van der Waals surface area contributed by atoms with Crippen LogP contribution < -0.4 is 20.9 Å². The summed E-state index contributed by atoms with van der Waals surface area (Å²) in [6.45, 7) is 1.50. The van der Waals surface area contributed by atoms with Crippen LogP contribution in [0.3, 0.4) is 0 Å². The van der Waals surface area contributed by atoms with Crippen LogP contribution in [-0.2, 0) is 9.59 Å². The molecule has 0 fully saturated rings. The fraction of sp³-hybridized carbons (Fsp3) is 0.179. The molecular weight excluding hydrogens is 502 g/mol. The molecule has 4 rings (SSSR count). The largest absolute Gasteiger partial charge is 0.481 e. The second-order valence-electron chi connectivity index (χ2n) is 8.98. The highest BCUT2D eigenvalue weighted by molar-refractivity contribution is 6.12. The zero-order chi connectivity index (χ0) is 28.1. The number of urea groups is 1. The van der Waals surface area contributed by atoms with Gasteiger partial charge in [0, 0.05) is 36.2 Å². The van der Waals surface area contributed by atoms with Crippen molar-refractivity contribution >= 4 is 52.5 Å². The zero-order valence-corrected chi connectivity index (χ0v) is 21.4. The number of fused-ring (bicyclic) bond motifs is 1. The van der Waals surface area contributed by atoms with Gasteiger partial charge in [0.25, 0.3) is 11.8 Å². The SMILES string of the molecule is Cc1ccccc1NC(=O)Nc1ccc(NC(=O)c2ccc3c(c2)C(=O)N(CCC(=O)O)CC(=O)N3C)cc1. The number of rotatable bonds is 7. The number of para-hydroxylation sites is 1. The van der Waals surface area contributed by atoms with Gasteiger partial charge in [-0.1, -0.05) is 18.2 Å². The molecule has 0 aromatic heterocycles. The molecular formula is C28H27N5O6. The van der Waals surface area contributed by atoms with Crippen LogP contribution in [0.15, 0.2) is 66.7 Å². The van der Waals surface area contributed by atoms with Gasteiger partial charge in [0.1, 0.15) is 6.54 Å². The van der Waals surface area contributed by atoms with Gasteiger partial charge in [0.2, 0.25) is 5.91 Å². The number of nitrogens with zero attached hydrogens (tertiary/aromatic N) is 2. The van der Waals surface area contributed by atoms with Crippen molar-refractivity contribution in [1.82, 2.24) is 4.90 Å². The first kappa shape index (κ1) is 26.9. The number of carboxylic acid groups (broad SMARTS) is 1. The number of amides is 5. The summed E-state index contributed by atoms with van der Waals surface area (Å²) in [5, 5.41) is 17.2. The first-order valence-electron chi connectivity index (χ1n) is 12.1. The standard InChI is InChI=1S/C28H27N5O6/c1-17-5-3-4-6-22(17)31-28(39)30-20-10-8-19(9-11-20)29-26(37)18-7-12-23-21(15-18)27(38)33(14-13-25(35)36)16-24(34)32(23)2/h3-12,15H,13-14,16H2,1-2H3,(H,29,37)(H,35,36)(H2,30,31,39). The van der Waals surface area contributed by atoms with Crippen molar-refractivity contribution in [3.8, 4) is 0 Å². The first-order chi connectivity index (χ1) is 18.6. The molecule has 0 saturated carbocycles. The average molecular weight is 530 g/mol. The molecule has 1 aliphatic heterocycles. The van der Waals surface area contributed by atoms with Crippen molar-refractivity contribution in [2.45, 2.75) is 13.3 Å². The van der Waals surface area contributed by atoms with Crippen LogP contribution in [0.5, 0.6) is 0 Å². The predicted octanol–water partition coefficient (Wildman–Crippen LogP) is 3.78. The van der Waals surface area contributed by atoms with Gasteiger partial charge < -0.3 is 30.9 Å². The highest BCUT2D eigenvalue weighted by atomic mass is 16.4. The topological polar surface area (TPSA) is 148 Å². The van der Waals surface area contributed by atoms with E-state index in [1.807, 2.05) is 25.1 Å². The van der Waals surface area contributed by atoms with E-state index in [0.717, 1.165) is 5.56 Å². The lowest BCUT2D eigenvalue weighted by atomic mass is 10.1. The normalized spacial score (nSPS) is 12.9. The lowest BCUT2D eigenvalue weighted by molar-refractivity contribution is -0.137. The van der Waals surface area contributed by atoms with E-state index < -0.39 is 23.8 Å². The van der Waals surface area contributed by atoms with Crippen molar-refractivity contribution in [2.75, 3.05) is 41.0 Å². The van der Waals surface area contributed by atoms with E-state index in [0.29, 0.717) is 22.7 Å². The Hall–Kier alpha value is -5.19. The van der Waals surface area contributed by atoms with Gasteiger partial charge in [-0.3, -0.25) is 19.2 Å². The van der Waals surface area contributed by atoms with E-state index in [1.54, 1.807) is 30.3 Å². The molecule has 3 aromatic rings. The summed E-state index contributed by atoms with van der Waals surface area (Å²) in [6, 6.07) is 17.9. The van der Waals surface area contributed by atoms with Gasteiger partial charge in [-0.25, -0.2) is 4.79 Å². The highest BCUT2D eigenvalue weighted by Gasteiger charge is 2.30. The molecule has 11 nitrogen and oxygen atoms in total. The zero-order valence-electron chi connectivity index (χ0n) is 21.4. The van der Waals surface area contributed by atoms with E-state index in [9.17, 15) is 24.0 Å². The van der Waals surface area contributed by atoms with E-state index in [1.165, 1.54) is 35.0 Å². The summed E-state index contributed by atoms with van der Waals surface area (Å²) in [5.74, 6) is -2.47. The maximum Gasteiger partial charge on any atom is 0.323 e. The highest BCUT2D eigenvalue weighted by Crippen LogP contribution is 2.27. The van der Waals surface area contributed by atoms with Crippen LogP contribution in [0.4, 0.5) is 27.5 Å². The number of carbonyl (C=O) groups is 5. The summed E-state index contributed by atoms with van der Waals surface area (Å²) < 4.78 is 0. The van der Waals surface area contributed by atoms with Crippen LogP contribution in [0.2, 0.25) is 0 Å². The van der Waals surface area contributed by atoms with Crippen LogP contribution in [-0.4, -0.2) is 59.9 Å². The van der Waals surface area contributed by atoms with Gasteiger partial charge in [0.05, 0.1) is 17.7 Å². The molecule has 0 bridgehead atoms. The van der Waals surface area contributed by atoms with Crippen molar-refractivity contribution in [3.05, 3.63) is 83.4 Å². The molecule has 3 aromatic carbocycles. The lowest BCUT2D eigenvalue weighted by Gasteiger charge is -2.19. The molecule has 11 heteroatoms. The van der Waals surface area contributed by atoms with Crippen LogP contribution >= 0.6 is 0 Å². The second kappa shape index (κ2) is 11.5. The number of benzene rings is 3. The molecule has 5 amide bonds. The fourth-order valence-corrected chi connectivity index (χ4v) is 4.04. The van der Waals surface area contributed by atoms with E-state index in [4.69, 9.17) is 5.11 Å². The number of aryl methyl sites for hydroxylation is 1. The van der Waals surface area contributed by atoms with Crippen molar-refractivity contribution in [3.63, 3.8) is 0 Å². The van der Waals surface area contributed by atoms with Crippen LogP contribution in [0.25, 0.3) is 0 Å². The molecule has 0 atom stereocenters. The Balaban J connectivity index is 1.44. The van der Waals surface area contributed by atoms with Crippen molar-refractivity contribution in [2.24, 2.45) is 0 Å². The Kier molecular flexibility index (Phi) is 7.90. The minimum Gasteiger partial charge on any atom is -0.481 e. The number of hydrogen-bond acceptors (Lipinski definition) is 5. The lowest BCUT2D eigenvalue weighted by Crippen LogP contribution is -2.38. The predicted molar refractivity (Wildman–Crippen MR) is 146 cm³/mol. The number of carboxylic acids is 1. The van der Waals surface area contributed by atoms with Gasteiger partial charge >= 0.3 is 12.0 Å². The maximum absolute atomic E-state index is 13.1. The Labute approximate surface area is 224 Å². The third-order valence-electron chi connectivity index (χ3n) is 6.23. The number of likely N-dealkylation sites (N-methyl/N-ethyl adjacent to an activating group) is 1. The summed E-state index contributed by atoms with van der Waals surface area (Å²) in [4.78, 5) is 64.4. The molecule has 39 heavy (non-hydrogen) atoms. The maximum atomic E-state index is 13.1. The van der Waals surface area contributed by atoms with Gasteiger partial charge in [0.15, 0.2) is 0 Å². The van der Waals surface area contributed by atoms with Crippen molar-refractivity contribution < 1.29 is 29.1 Å². The smallest absolute Gasteiger partial charge is 0.323 e. The van der Waals surface area contributed by atoms with Crippen LogP contribution in [0.1, 0.15) is 32.7 Å². The van der Waals surface area contributed by atoms with Gasteiger partial charge in [-0.15, -0.1) is 0 Å². The Morgan fingerprint density at radius 3 is 2.23 bits per heavy atom. The quantitative estimate of drug-likeness (QED) is 0.366. The number of nitrogens with one attached hydrogen (secondary N) is 3. The Morgan fingerprint density at radius 1 is 0.897 bits per heavy atom. The molecule has 0 unspecified atom stereocenters. The fourth-order valence-electron chi connectivity index (χ4n) is 4.04. The third kappa shape index (κ3) is 6.39. The van der Waals surface area contributed by atoms with E-state index in [2.05, 4.69) is 16.0 Å². The molecule has 0 aliphatic carbocycles. The number of anilines is 4. The van der Waals surface area contributed by atoms with Crippen LogP contribution in [0, 0.1) is 6.92 Å². The monoisotopic (exact) mass is 529 g/mol. The summed E-state index contributed by atoms with van der Waals surface area (Å²) >= 11 is 0. The Bertz CT molecular complexity index is 1450. The third-order valence-corrected chi connectivity index (χ3v) is 6.23. The first-order valence-corrected chi connectivity index (χ1v) is 12.1. The summed E-state index contributed by atoms with van der Waals surface area (Å²) in [7, 11) is 1.52. The minimum atomic E-state index is -1.09. The van der Waals surface area contributed by atoms with Crippen molar-refractivity contribution in [1.29, 1.82) is 0 Å². The molecule has 200 valence electrons. The minimum absolute atomic E-state index is 0.126. The average Bonchev–Trinajstić information content (AvgIpc) is 3.00. The molecule has 0 saturated heterocycles. The molecule has 1 aliphatic rings. The Morgan fingerprint density at radius 2 is 1.56 bits per heavy atom. The second-order valence-corrected chi connectivity index (χ2v) is 8.98. The molecule has 4 N–H and O–H groups in total. The van der Waals surface area contributed by atoms with E-state index >= 15 is 0 Å². The molecule has 0 spiro atoms. The summed E-state index contributed by atoms with van der Waals surface area (Å²) in [5.41, 5.74) is 3.24. The molecule has 1 heterocycles. The number of aliphatic carboxylic acids is 1. The van der Waals surface area contributed by atoms with E-state index in [-0.39, 0.29) is 36.5 Å². The summed E-state index contributed by atoms with van der Waals surface area (Å²) in [6.07, 6.45) is -0.309. The number of carbonyl (C=O) groups excluding carboxylic acids is 4. The van der Waals surface area contributed by atoms with Gasteiger partial charge in [-0.05, 0) is 61.0 Å². The number of hydrogen-bond donors (Lipinski definition) is 4. The van der Waals surface area contributed by atoms with Gasteiger partial charge in [-0.2, -0.15) is 0 Å².